The van der Waals surface area contributed by atoms with Gasteiger partial charge in [-0.15, -0.1) is 0 Å². The molecule has 18 heavy (non-hydrogen) atoms. The summed E-state index contributed by atoms with van der Waals surface area (Å²) in [5.41, 5.74) is 6.70. The van der Waals surface area contributed by atoms with Crippen LogP contribution in [-0.4, -0.2) is 22.3 Å². The largest absolute Gasteiger partial charge is 0.383 e. The highest BCUT2D eigenvalue weighted by molar-refractivity contribution is 9.10. The molecule has 1 aromatic heterocycles. The molecule has 1 fully saturated rings. The first-order chi connectivity index (χ1) is 8.70. The smallest absolute Gasteiger partial charge is 0.141 e. The minimum absolute atomic E-state index is 0.453. The van der Waals surface area contributed by atoms with E-state index in [2.05, 4.69) is 25.9 Å². The Morgan fingerprint density at radius 3 is 2.78 bits per heavy atom. The van der Waals surface area contributed by atoms with Crippen LogP contribution in [0.25, 0.3) is 0 Å². The maximum Gasteiger partial charge on any atom is 0.141 e. The quantitative estimate of drug-likeness (QED) is 0.897. The highest BCUT2D eigenvalue weighted by atomic mass is 79.9. The average Bonchev–Trinajstić information content (AvgIpc) is 2.86. The predicted octanol–water partition coefficient (Wildman–Crippen LogP) is 3.14. The molecule has 0 amide bonds. The second-order valence-electron chi connectivity index (χ2n) is 4.44. The van der Waals surface area contributed by atoms with Gasteiger partial charge in [-0.3, -0.25) is 0 Å². The number of anilines is 1. The molecule has 1 aliphatic carbocycles. The molecule has 0 atom stereocenters. The summed E-state index contributed by atoms with van der Waals surface area (Å²) in [5.74, 6) is 2.14. The van der Waals surface area contributed by atoms with Crippen LogP contribution in [0.3, 0.4) is 0 Å². The maximum atomic E-state index is 5.87. The van der Waals surface area contributed by atoms with Crippen LogP contribution in [0.15, 0.2) is 4.47 Å². The van der Waals surface area contributed by atoms with E-state index in [1.807, 2.05) is 11.8 Å². The lowest BCUT2D eigenvalue weighted by molar-refractivity contribution is 0.180. The molecule has 0 bridgehead atoms. The van der Waals surface area contributed by atoms with Gasteiger partial charge >= 0.3 is 0 Å². The molecule has 1 saturated carbocycles. The standard InChI is InChI=1S/C12H18BrN3OS/c1-17-6-9-11(13)12(14)16-10(15-9)7-18-8-4-2-3-5-8/h8H,2-7H2,1H3,(H2,14,15,16). The molecule has 6 heteroatoms. The molecule has 0 spiro atoms. The molecule has 0 saturated heterocycles. The van der Waals surface area contributed by atoms with Crippen molar-refractivity contribution in [2.24, 2.45) is 0 Å². The summed E-state index contributed by atoms with van der Waals surface area (Å²) in [6.45, 7) is 0.453. The van der Waals surface area contributed by atoms with Gasteiger partial charge in [-0.25, -0.2) is 9.97 Å². The zero-order chi connectivity index (χ0) is 13.0. The predicted molar refractivity (Wildman–Crippen MR) is 78.4 cm³/mol. The monoisotopic (exact) mass is 331 g/mol. The first-order valence-corrected chi connectivity index (χ1v) is 7.96. The summed E-state index contributed by atoms with van der Waals surface area (Å²) in [7, 11) is 1.65. The number of aromatic nitrogens is 2. The van der Waals surface area contributed by atoms with Crippen molar-refractivity contribution in [2.75, 3.05) is 12.8 Å². The molecular formula is C12H18BrN3OS. The molecule has 2 N–H and O–H groups in total. The van der Waals surface area contributed by atoms with Crippen molar-refractivity contribution in [3.8, 4) is 0 Å². The number of hydrogen-bond acceptors (Lipinski definition) is 5. The second kappa shape index (κ2) is 6.73. The molecular weight excluding hydrogens is 314 g/mol. The van der Waals surface area contributed by atoms with E-state index in [0.717, 1.165) is 27.0 Å². The van der Waals surface area contributed by atoms with Gasteiger partial charge in [0, 0.05) is 12.4 Å². The van der Waals surface area contributed by atoms with Crippen molar-refractivity contribution in [3.05, 3.63) is 16.0 Å². The van der Waals surface area contributed by atoms with Crippen LogP contribution in [0.1, 0.15) is 37.2 Å². The van der Waals surface area contributed by atoms with Gasteiger partial charge in [0.1, 0.15) is 11.6 Å². The van der Waals surface area contributed by atoms with Gasteiger partial charge in [0.25, 0.3) is 0 Å². The highest BCUT2D eigenvalue weighted by Gasteiger charge is 2.17. The van der Waals surface area contributed by atoms with Crippen LogP contribution in [0, 0.1) is 0 Å². The molecule has 2 rings (SSSR count). The Hall–Kier alpha value is -0.330. The molecule has 100 valence electrons. The first kappa shape index (κ1) is 14.1. The molecule has 0 aliphatic heterocycles. The van der Waals surface area contributed by atoms with Gasteiger partial charge in [0.2, 0.25) is 0 Å². The van der Waals surface area contributed by atoms with Gasteiger partial charge in [0.05, 0.1) is 22.5 Å². The van der Waals surface area contributed by atoms with E-state index in [0.29, 0.717) is 12.4 Å². The van der Waals surface area contributed by atoms with Crippen molar-refractivity contribution < 1.29 is 4.74 Å². The van der Waals surface area contributed by atoms with Crippen molar-refractivity contribution >= 4 is 33.5 Å². The van der Waals surface area contributed by atoms with Crippen molar-refractivity contribution in [1.29, 1.82) is 0 Å². The Morgan fingerprint density at radius 2 is 2.11 bits per heavy atom. The zero-order valence-electron chi connectivity index (χ0n) is 10.5. The Kier molecular flexibility index (Phi) is 5.26. The fourth-order valence-corrected chi connectivity index (χ4v) is 3.58. The zero-order valence-corrected chi connectivity index (χ0v) is 12.9. The van der Waals surface area contributed by atoms with E-state index in [1.54, 1.807) is 7.11 Å². The van der Waals surface area contributed by atoms with Crippen LogP contribution in [-0.2, 0) is 17.1 Å². The number of ether oxygens (including phenoxy) is 1. The second-order valence-corrected chi connectivity index (χ2v) is 6.52. The molecule has 1 heterocycles. The number of nitrogen functional groups attached to an aromatic ring is 1. The minimum atomic E-state index is 0.453. The van der Waals surface area contributed by atoms with Crippen molar-refractivity contribution in [3.63, 3.8) is 0 Å². The SMILES string of the molecule is COCc1nc(CSC2CCCC2)nc(N)c1Br. The van der Waals surface area contributed by atoms with Gasteiger partial charge in [0.15, 0.2) is 0 Å². The summed E-state index contributed by atoms with van der Waals surface area (Å²) in [5, 5.41) is 0.768. The third-order valence-electron chi connectivity index (χ3n) is 3.02. The Bertz CT molecular complexity index is 411. The fraction of sp³-hybridized carbons (Fsp3) is 0.667. The summed E-state index contributed by atoms with van der Waals surface area (Å²) in [6, 6.07) is 0. The van der Waals surface area contributed by atoms with Crippen molar-refractivity contribution in [2.45, 2.75) is 43.3 Å². The Labute approximate surface area is 120 Å². The van der Waals surface area contributed by atoms with Crippen LogP contribution in [0.2, 0.25) is 0 Å². The maximum absolute atomic E-state index is 5.87. The van der Waals surface area contributed by atoms with E-state index in [4.69, 9.17) is 10.5 Å². The molecule has 1 aromatic rings. The Morgan fingerprint density at radius 1 is 1.39 bits per heavy atom. The number of rotatable bonds is 5. The summed E-state index contributed by atoms with van der Waals surface area (Å²) >= 11 is 5.34. The minimum Gasteiger partial charge on any atom is -0.383 e. The molecule has 0 unspecified atom stereocenters. The molecule has 1 aliphatic rings. The van der Waals surface area contributed by atoms with Crippen LogP contribution in [0.4, 0.5) is 5.82 Å². The lowest BCUT2D eigenvalue weighted by Crippen LogP contribution is -2.06. The van der Waals surface area contributed by atoms with Gasteiger partial charge < -0.3 is 10.5 Å². The third kappa shape index (κ3) is 3.59. The normalized spacial score (nSPS) is 16.3. The number of thioether (sulfide) groups is 1. The van der Waals surface area contributed by atoms with Crippen molar-refractivity contribution in [1.82, 2.24) is 9.97 Å². The van der Waals surface area contributed by atoms with E-state index in [1.165, 1.54) is 25.7 Å². The number of hydrogen-bond donors (Lipinski definition) is 1. The van der Waals surface area contributed by atoms with Gasteiger partial charge in [-0.05, 0) is 28.8 Å². The molecule has 0 radical (unpaired) electrons. The summed E-state index contributed by atoms with van der Waals surface area (Å²) in [4.78, 5) is 8.82. The lowest BCUT2D eigenvalue weighted by atomic mass is 10.4. The number of nitrogens with two attached hydrogens (primary N) is 1. The number of nitrogens with zero attached hydrogens (tertiary/aromatic N) is 2. The highest BCUT2D eigenvalue weighted by Crippen LogP contribution is 2.31. The van der Waals surface area contributed by atoms with Gasteiger partial charge in [-0.2, -0.15) is 11.8 Å². The average molecular weight is 332 g/mol. The number of halogens is 1. The first-order valence-electron chi connectivity index (χ1n) is 6.12. The third-order valence-corrected chi connectivity index (χ3v) is 5.25. The summed E-state index contributed by atoms with van der Waals surface area (Å²) in [6.07, 6.45) is 5.36. The van der Waals surface area contributed by atoms with E-state index in [9.17, 15) is 0 Å². The molecule has 0 aromatic carbocycles. The number of methoxy groups -OCH3 is 1. The van der Waals surface area contributed by atoms with Crippen LogP contribution < -0.4 is 5.73 Å². The van der Waals surface area contributed by atoms with Gasteiger partial charge in [-0.1, -0.05) is 12.8 Å². The van der Waals surface area contributed by atoms with Crippen LogP contribution >= 0.6 is 27.7 Å². The van der Waals surface area contributed by atoms with Crippen LogP contribution in [0.5, 0.6) is 0 Å². The van der Waals surface area contributed by atoms with E-state index in [-0.39, 0.29) is 0 Å². The Balaban J connectivity index is 2.02. The molecule has 4 nitrogen and oxygen atoms in total. The fourth-order valence-electron chi connectivity index (χ4n) is 2.11. The van der Waals surface area contributed by atoms with E-state index < -0.39 is 0 Å². The topological polar surface area (TPSA) is 61.0 Å². The lowest BCUT2D eigenvalue weighted by Gasteiger charge is -2.10. The summed E-state index contributed by atoms with van der Waals surface area (Å²) < 4.78 is 5.86. The van der Waals surface area contributed by atoms with E-state index >= 15 is 0 Å².